The number of hydrogen-bond donors (Lipinski definition) is 0. The van der Waals surface area contributed by atoms with Gasteiger partial charge in [-0.15, -0.1) is 11.8 Å². The van der Waals surface area contributed by atoms with Gasteiger partial charge in [-0.1, -0.05) is 109 Å². The van der Waals surface area contributed by atoms with Crippen molar-refractivity contribution >= 4 is 56.0 Å². The lowest BCUT2D eigenvalue weighted by Gasteiger charge is -2.37. The highest BCUT2D eigenvalue weighted by molar-refractivity contribution is 8.00. The Labute approximate surface area is 303 Å². The number of thioether (sulfide) groups is 1. The van der Waals surface area contributed by atoms with Gasteiger partial charge in [-0.2, -0.15) is 0 Å². The van der Waals surface area contributed by atoms with E-state index in [4.69, 9.17) is 0 Å². The lowest BCUT2D eigenvalue weighted by molar-refractivity contribution is 0.708. The van der Waals surface area contributed by atoms with Crippen LogP contribution in [-0.4, -0.2) is 15.9 Å². The molecule has 11 rings (SSSR count). The third-order valence-corrected chi connectivity index (χ3v) is 12.8. The normalized spacial score (nSPS) is 21.5. The predicted molar refractivity (Wildman–Crippen MR) is 216 cm³/mol. The molecule has 51 heavy (non-hydrogen) atoms. The lowest BCUT2D eigenvalue weighted by Crippen LogP contribution is -2.36. The summed E-state index contributed by atoms with van der Waals surface area (Å²) in [6, 6.07) is 43.4. The Kier molecular flexibility index (Phi) is 6.60. The van der Waals surface area contributed by atoms with E-state index in [1.807, 2.05) is 11.8 Å². The van der Waals surface area contributed by atoms with E-state index >= 15 is 0 Å². The summed E-state index contributed by atoms with van der Waals surface area (Å²) in [6.45, 7) is 0. The molecule has 6 aromatic rings. The van der Waals surface area contributed by atoms with E-state index in [1.165, 1.54) is 82.7 Å². The lowest BCUT2D eigenvalue weighted by atomic mass is 9.86. The van der Waals surface area contributed by atoms with Gasteiger partial charge in [0.15, 0.2) is 0 Å². The van der Waals surface area contributed by atoms with Crippen LogP contribution in [0.4, 0.5) is 5.69 Å². The second kappa shape index (κ2) is 11.5. The van der Waals surface area contributed by atoms with Gasteiger partial charge in [-0.25, -0.2) is 0 Å². The topological polar surface area (TPSA) is 8.17 Å². The Morgan fingerprint density at radius 2 is 1.55 bits per heavy atom. The number of anilines is 1. The van der Waals surface area contributed by atoms with Crippen molar-refractivity contribution in [1.82, 2.24) is 4.57 Å². The zero-order valence-corrected chi connectivity index (χ0v) is 29.1. The van der Waals surface area contributed by atoms with E-state index in [0.29, 0.717) is 11.2 Å². The fourth-order valence-corrected chi connectivity index (χ4v) is 10.6. The van der Waals surface area contributed by atoms with Crippen LogP contribution in [0.15, 0.2) is 174 Å². The van der Waals surface area contributed by atoms with Gasteiger partial charge in [0.25, 0.3) is 0 Å². The van der Waals surface area contributed by atoms with Crippen LogP contribution >= 0.6 is 11.8 Å². The minimum absolute atomic E-state index is 0.286. The quantitative estimate of drug-likeness (QED) is 0.184. The van der Waals surface area contributed by atoms with Gasteiger partial charge in [-0.05, 0) is 107 Å². The first-order valence-electron chi connectivity index (χ1n) is 18.3. The minimum Gasteiger partial charge on any atom is -0.336 e. The highest BCUT2D eigenvalue weighted by Crippen LogP contribution is 2.56. The molecular weight excluding hydrogens is 637 g/mol. The van der Waals surface area contributed by atoms with Gasteiger partial charge < -0.3 is 9.47 Å². The van der Waals surface area contributed by atoms with E-state index in [0.717, 1.165) is 19.3 Å². The number of benzene rings is 5. The molecule has 5 aliphatic rings. The summed E-state index contributed by atoms with van der Waals surface area (Å²) < 4.78 is 2.44. The van der Waals surface area contributed by atoms with Gasteiger partial charge in [0, 0.05) is 49.5 Å². The predicted octanol–water partition coefficient (Wildman–Crippen LogP) is 12.3. The van der Waals surface area contributed by atoms with Crippen LogP contribution in [0.2, 0.25) is 0 Å². The summed E-state index contributed by atoms with van der Waals surface area (Å²) in [5, 5.41) is 3.02. The second-order valence-electron chi connectivity index (χ2n) is 14.2. The highest BCUT2D eigenvalue weighted by Gasteiger charge is 2.43. The first kappa shape index (κ1) is 29.2. The molecule has 0 spiro atoms. The van der Waals surface area contributed by atoms with E-state index in [2.05, 4.69) is 173 Å². The summed E-state index contributed by atoms with van der Waals surface area (Å²) >= 11 is 2.01. The van der Waals surface area contributed by atoms with Crippen LogP contribution in [0.25, 0.3) is 44.2 Å². The average molecular weight is 673 g/mol. The molecular formula is C48H36N2S. The highest BCUT2D eigenvalue weighted by atomic mass is 32.2. The van der Waals surface area contributed by atoms with Crippen LogP contribution in [0, 0.1) is 0 Å². The SMILES string of the molecule is C1=CC2Sc3ccccc3C2C(N2c3ccccc3C3=CC(c4ccc5c(c4)c4ccccc4n5-c4cccc(C5=CCCC=C5)c4)=CCC32)=C1. The van der Waals surface area contributed by atoms with E-state index in [-0.39, 0.29) is 6.04 Å². The van der Waals surface area contributed by atoms with Crippen molar-refractivity contribution in [1.29, 1.82) is 0 Å². The number of nitrogens with zero attached hydrogens (tertiary/aromatic N) is 2. The van der Waals surface area contributed by atoms with Gasteiger partial charge in [-0.3, -0.25) is 0 Å². The Bertz CT molecular complexity index is 2620. The number of fused-ring (bicyclic) bond motifs is 9. The Morgan fingerprint density at radius 3 is 2.51 bits per heavy atom. The molecule has 0 N–H and O–H groups in total. The van der Waals surface area contributed by atoms with Crippen molar-refractivity contribution in [2.45, 2.75) is 41.4 Å². The molecule has 0 fully saturated rings. The molecule has 3 heterocycles. The molecule has 244 valence electrons. The first-order valence-corrected chi connectivity index (χ1v) is 19.1. The van der Waals surface area contributed by atoms with E-state index in [1.54, 1.807) is 0 Å². The van der Waals surface area contributed by atoms with Crippen LogP contribution in [0.5, 0.6) is 0 Å². The van der Waals surface area contributed by atoms with Crippen LogP contribution < -0.4 is 4.90 Å². The van der Waals surface area contributed by atoms with Gasteiger partial charge in [0.05, 0.1) is 17.1 Å². The van der Waals surface area contributed by atoms with Crippen molar-refractivity contribution in [3.8, 4) is 5.69 Å². The van der Waals surface area contributed by atoms with Crippen molar-refractivity contribution in [3.05, 3.63) is 192 Å². The van der Waals surface area contributed by atoms with Crippen LogP contribution in [0.3, 0.4) is 0 Å². The summed E-state index contributed by atoms with van der Waals surface area (Å²) in [7, 11) is 0. The van der Waals surface area contributed by atoms with Crippen molar-refractivity contribution < 1.29 is 0 Å². The third kappa shape index (κ3) is 4.51. The molecule has 3 aliphatic carbocycles. The molecule has 3 heteroatoms. The van der Waals surface area contributed by atoms with Gasteiger partial charge in [0.2, 0.25) is 0 Å². The molecule has 3 atom stereocenters. The Hall–Kier alpha value is -5.51. The van der Waals surface area contributed by atoms with Gasteiger partial charge >= 0.3 is 0 Å². The van der Waals surface area contributed by atoms with Crippen LogP contribution in [-0.2, 0) is 0 Å². The molecule has 0 saturated heterocycles. The molecule has 0 bridgehead atoms. The van der Waals surface area contributed by atoms with Crippen molar-refractivity contribution in [2.24, 2.45) is 0 Å². The monoisotopic (exact) mass is 672 g/mol. The maximum atomic E-state index is 2.67. The van der Waals surface area contributed by atoms with Crippen LogP contribution in [0.1, 0.15) is 47.4 Å². The number of para-hydroxylation sites is 2. The molecule has 0 saturated carbocycles. The number of rotatable bonds is 4. The molecule has 2 nitrogen and oxygen atoms in total. The summed E-state index contributed by atoms with van der Waals surface area (Å²) in [6.07, 6.45) is 22.2. The summed E-state index contributed by atoms with van der Waals surface area (Å²) in [4.78, 5) is 4.09. The summed E-state index contributed by atoms with van der Waals surface area (Å²) in [5.74, 6) is 0.366. The minimum atomic E-state index is 0.286. The van der Waals surface area contributed by atoms with Gasteiger partial charge in [0.1, 0.15) is 0 Å². The standard InChI is InChI=1S/C48H36N2S/c1-2-12-31(13-3-1)32-14-10-15-35(28-32)49-41-19-7-4-16-36(41)39-29-33(24-26-43(39)49)34-25-27-44-40(30-34)37-17-5-8-20-42(37)50(44)45-21-11-23-47-48(45)38-18-6-9-22-46(38)51-47/h2,4-26,28-30,44,47-48H,1,3,27H2. The molecule has 0 radical (unpaired) electrons. The number of allylic oxidation sites excluding steroid dienone is 9. The number of aromatic nitrogens is 1. The third-order valence-electron chi connectivity index (χ3n) is 11.5. The van der Waals surface area contributed by atoms with Crippen molar-refractivity contribution in [2.75, 3.05) is 4.90 Å². The zero-order chi connectivity index (χ0) is 33.5. The van der Waals surface area contributed by atoms with E-state index in [9.17, 15) is 0 Å². The van der Waals surface area contributed by atoms with E-state index < -0.39 is 0 Å². The second-order valence-corrected chi connectivity index (χ2v) is 15.5. The summed E-state index contributed by atoms with van der Waals surface area (Å²) in [5.41, 5.74) is 15.9. The Balaban J connectivity index is 0.993. The fraction of sp³-hybridized carbons (Fsp3) is 0.125. The first-order chi connectivity index (χ1) is 25.3. The average Bonchev–Trinajstić information content (AvgIpc) is 3.85. The zero-order valence-electron chi connectivity index (χ0n) is 28.2. The van der Waals surface area contributed by atoms with Crippen molar-refractivity contribution in [3.63, 3.8) is 0 Å². The maximum absolute atomic E-state index is 2.67. The smallest absolute Gasteiger partial charge is 0.0630 e. The Morgan fingerprint density at radius 1 is 0.686 bits per heavy atom. The molecule has 5 aromatic carbocycles. The maximum Gasteiger partial charge on any atom is 0.0630 e. The molecule has 0 amide bonds. The molecule has 1 aromatic heterocycles. The molecule has 3 unspecified atom stereocenters. The largest absolute Gasteiger partial charge is 0.336 e. The fourth-order valence-electron chi connectivity index (χ4n) is 9.20. The number of hydrogen-bond acceptors (Lipinski definition) is 2. The molecule has 2 aliphatic heterocycles.